The van der Waals surface area contributed by atoms with Crippen LogP contribution in [-0.2, 0) is 13.2 Å². The first kappa shape index (κ1) is 19.8. The molecule has 0 atom stereocenters. The third kappa shape index (κ3) is 7.94. The lowest BCUT2D eigenvalue weighted by molar-refractivity contribution is 0.302. The van der Waals surface area contributed by atoms with Crippen molar-refractivity contribution in [3.8, 4) is 5.75 Å². The highest BCUT2D eigenvalue weighted by molar-refractivity contribution is 6.30. The van der Waals surface area contributed by atoms with E-state index in [-0.39, 0.29) is 0 Å². The van der Waals surface area contributed by atoms with Crippen molar-refractivity contribution in [2.75, 3.05) is 6.54 Å². The van der Waals surface area contributed by atoms with Crippen LogP contribution in [0.15, 0.2) is 48.5 Å². The van der Waals surface area contributed by atoms with Gasteiger partial charge in [0, 0.05) is 17.1 Å². The molecular weight excluding hydrogens is 330 g/mol. The van der Waals surface area contributed by atoms with E-state index >= 15 is 0 Å². The van der Waals surface area contributed by atoms with Gasteiger partial charge < -0.3 is 10.1 Å². The third-order valence-corrected chi connectivity index (χ3v) is 4.52. The van der Waals surface area contributed by atoms with Crippen molar-refractivity contribution in [2.45, 2.75) is 58.6 Å². The molecule has 0 saturated carbocycles. The smallest absolute Gasteiger partial charge is 0.124 e. The molecule has 0 heterocycles. The van der Waals surface area contributed by atoms with E-state index in [1.165, 1.54) is 44.1 Å². The summed E-state index contributed by atoms with van der Waals surface area (Å²) in [6.07, 6.45) is 7.90. The van der Waals surface area contributed by atoms with Gasteiger partial charge in [-0.25, -0.2) is 0 Å². The number of hydrogen-bond donors (Lipinski definition) is 1. The molecule has 0 radical (unpaired) electrons. The molecule has 0 amide bonds. The van der Waals surface area contributed by atoms with Crippen molar-refractivity contribution in [1.29, 1.82) is 0 Å². The van der Waals surface area contributed by atoms with E-state index in [0.717, 1.165) is 29.4 Å². The predicted octanol–water partition coefficient (Wildman–Crippen LogP) is 6.37. The van der Waals surface area contributed by atoms with Crippen LogP contribution >= 0.6 is 11.6 Å². The average Bonchev–Trinajstić information content (AvgIpc) is 2.64. The van der Waals surface area contributed by atoms with E-state index in [2.05, 4.69) is 24.4 Å². The second kappa shape index (κ2) is 11.9. The fourth-order valence-electron chi connectivity index (χ4n) is 2.82. The van der Waals surface area contributed by atoms with Crippen molar-refractivity contribution in [3.05, 3.63) is 64.7 Å². The highest BCUT2D eigenvalue weighted by Crippen LogP contribution is 2.24. The zero-order valence-corrected chi connectivity index (χ0v) is 16.0. The maximum Gasteiger partial charge on any atom is 0.124 e. The fraction of sp³-hybridized carbons (Fsp3) is 0.455. The Balaban J connectivity index is 1.76. The van der Waals surface area contributed by atoms with E-state index in [0.29, 0.717) is 6.61 Å². The van der Waals surface area contributed by atoms with E-state index in [4.69, 9.17) is 16.3 Å². The lowest BCUT2D eigenvalue weighted by Crippen LogP contribution is -2.15. The molecule has 2 aromatic carbocycles. The highest BCUT2D eigenvalue weighted by Gasteiger charge is 2.05. The van der Waals surface area contributed by atoms with Gasteiger partial charge in [-0.3, -0.25) is 0 Å². The van der Waals surface area contributed by atoms with Crippen LogP contribution in [0.1, 0.15) is 56.6 Å². The number of hydrogen-bond acceptors (Lipinski definition) is 2. The van der Waals surface area contributed by atoms with Gasteiger partial charge in [0.25, 0.3) is 0 Å². The Morgan fingerprint density at radius 2 is 1.68 bits per heavy atom. The molecule has 0 spiro atoms. The first-order valence-electron chi connectivity index (χ1n) is 9.45. The Kier molecular flexibility index (Phi) is 9.46. The maximum absolute atomic E-state index is 6.16. The van der Waals surface area contributed by atoms with Crippen molar-refractivity contribution >= 4 is 11.6 Å². The number of ether oxygens (including phenoxy) is 1. The monoisotopic (exact) mass is 359 g/mol. The number of unbranched alkanes of at least 4 members (excludes halogenated alkanes) is 5. The second-order valence-corrected chi connectivity index (χ2v) is 6.91. The summed E-state index contributed by atoms with van der Waals surface area (Å²) in [5.41, 5.74) is 2.29. The summed E-state index contributed by atoms with van der Waals surface area (Å²) in [4.78, 5) is 0. The fourth-order valence-corrected chi connectivity index (χ4v) is 3.01. The first-order chi connectivity index (χ1) is 12.3. The van der Waals surface area contributed by atoms with Crippen LogP contribution in [0.4, 0.5) is 0 Å². The van der Waals surface area contributed by atoms with Crippen LogP contribution in [-0.4, -0.2) is 6.54 Å². The van der Waals surface area contributed by atoms with Gasteiger partial charge in [0.15, 0.2) is 0 Å². The van der Waals surface area contributed by atoms with E-state index < -0.39 is 0 Å². The molecule has 2 aromatic rings. The maximum atomic E-state index is 6.16. The number of benzene rings is 2. The molecule has 136 valence electrons. The van der Waals surface area contributed by atoms with Crippen molar-refractivity contribution in [1.82, 2.24) is 5.32 Å². The van der Waals surface area contributed by atoms with E-state index in [1.54, 1.807) is 0 Å². The van der Waals surface area contributed by atoms with Gasteiger partial charge in [0.2, 0.25) is 0 Å². The lowest BCUT2D eigenvalue weighted by Gasteiger charge is -2.13. The predicted molar refractivity (Wildman–Crippen MR) is 107 cm³/mol. The summed E-state index contributed by atoms with van der Waals surface area (Å²) in [6.45, 7) is 4.66. The Morgan fingerprint density at radius 3 is 2.48 bits per heavy atom. The van der Waals surface area contributed by atoms with Gasteiger partial charge in [0.05, 0.1) is 0 Å². The molecule has 1 N–H and O–H groups in total. The largest absolute Gasteiger partial charge is 0.489 e. The molecule has 2 nitrogen and oxygen atoms in total. The summed E-state index contributed by atoms with van der Waals surface area (Å²) in [7, 11) is 0. The molecular formula is C22H30ClNO. The second-order valence-electron chi connectivity index (χ2n) is 6.47. The molecule has 0 saturated heterocycles. The average molecular weight is 360 g/mol. The molecule has 0 aromatic heterocycles. The molecule has 0 aliphatic rings. The van der Waals surface area contributed by atoms with Gasteiger partial charge in [-0.15, -0.1) is 0 Å². The normalized spacial score (nSPS) is 10.8. The molecule has 25 heavy (non-hydrogen) atoms. The number of rotatable bonds is 12. The zero-order valence-electron chi connectivity index (χ0n) is 15.3. The van der Waals surface area contributed by atoms with Crippen LogP contribution in [0.3, 0.4) is 0 Å². The van der Waals surface area contributed by atoms with Gasteiger partial charge >= 0.3 is 0 Å². The number of halogens is 1. The Hall–Kier alpha value is -1.51. The van der Waals surface area contributed by atoms with Crippen LogP contribution in [0.5, 0.6) is 5.75 Å². The van der Waals surface area contributed by atoms with Crippen molar-refractivity contribution in [3.63, 3.8) is 0 Å². The summed E-state index contributed by atoms with van der Waals surface area (Å²) >= 11 is 6.16. The first-order valence-corrected chi connectivity index (χ1v) is 9.83. The minimum Gasteiger partial charge on any atom is -0.489 e. The summed E-state index contributed by atoms with van der Waals surface area (Å²) in [6, 6.07) is 16.1. The molecule has 2 rings (SSSR count). The molecule has 0 fully saturated rings. The highest BCUT2D eigenvalue weighted by atomic mass is 35.5. The Morgan fingerprint density at radius 1 is 0.920 bits per heavy atom. The lowest BCUT2D eigenvalue weighted by atomic mass is 10.1. The van der Waals surface area contributed by atoms with Crippen molar-refractivity contribution in [2.24, 2.45) is 0 Å². The van der Waals surface area contributed by atoms with Crippen LogP contribution in [0.25, 0.3) is 0 Å². The molecule has 0 aliphatic heterocycles. The molecule has 0 unspecified atom stereocenters. The molecule has 0 bridgehead atoms. The van der Waals surface area contributed by atoms with Gasteiger partial charge in [-0.1, -0.05) is 81.0 Å². The van der Waals surface area contributed by atoms with Crippen molar-refractivity contribution < 1.29 is 4.74 Å². The minimum atomic E-state index is 0.576. The Labute approximate surface area is 157 Å². The van der Waals surface area contributed by atoms with E-state index in [9.17, 15) is 0 Å². The summed E-state index contributed by atoms with van der Waals surface area (Å²) in [5.74, 6) is 0.906. The quantitative estimate of drug-likeness (QED) is 0.444. The zero-order chi connectivity index (χ0) is 17.7. The minimum absolute atomic E-state index is 0.576. The van der Waals surface area contributed by atoms with Crippen LogP contribution < -0.4 is 10.1 Å². The van der Waals surface area contributed by atoms with Gasteiger partial charge in [-0.2, -0.15) is 0 Å². The number of nitrogens with one attached hydrogen (secondary N) is 1. The SMILES string of the molecule is CCCCCCCCNCc1cc(Cl)ccc1OCc1ccccc1. The summed E-state index contributed by atoms with van der Waals surface area (Å²) < 4.78 is 6.00. The topological polar surface area (TPSA) is 21.3 Å². The van der Waals surface area contributed by atoms with Gasteiger partial charge in [0.1, 0.15) is 12.4 Å². The Bertz CT molecular complexity index is 600. The van der Waals surface area contributed by atoms with Gasteiger partial charge in [-0.05, 0) is 36.7 Å². The molecule has 0 aliphatic carbocycles. The standard InChI is InChI=1S/C22H30ClNO/c1-2-3-4-5-6-10-15-24-17-20-16-21(23)13-14-22(20)25-18-19-11-8-7-9-12-19/h7-9,11-14,16,24H,2-6,10,15,17-18H2,1H3. The third-order valence-electron chi connectivity index (χ3n) is 4.28. The molecule has 3 heteroatoms. The van der Waals surface area contributed by atoms with E-state index in [1.807, 2.05) is 36.4 Å². The van der Waals surface area contributed by atoms with Crippen LogP contribution in [0.2, 0.25) is 5.02 Å². The summed E-state index contributed by atoms with van der Waals surface area (Å²) in [5, 5.41) is 4.27. The van der Waals surface area contributed by atoms with Crippen LogP contribution in [0, 0.1) is 0 Å².